The quantitative estimate of drug-likeness (QED) is 0.872. The van der Waals surface area contributed by atoms with E-state index in [2.05, 4.69) is 21.2 Å². The normalized spacial score (nSPS) is 12.2. The Bertz CT molecular complexity index is 379. The zero-order valence-electron chi connectivity index (χ0n) is 9.46. The predicted octanol–water partition coefficient (Wildman–Crippen LogP) is 3.42. The Hall–Kier alpha value is -1.03. The van der Waals surface area contributed by atoms with Gasteiger partial charge >= 0.3 is 5.97 Å². The largest absolute Gasteiger partial charge is 0.480 e. The number of aryl methyl sites for hydroxylation is 1. The first-order chi connectivity index (χ1) is 7.54. The molecule has 1 unspecified atom stereocenters. The average molecular weight is 286 g/mol. The van der Waals surface area contributed by atoms with Gasteiger partial charge in [0.15, 0.2) is 0 Å². The molecule has 16 heavy (non-hydrogen) atoms. The monoisotopic (exact) mass is 285 g/mol. The molecule has 1 atom stereocenters. The lowest BCUT2D eigenvalue weighted by Gasteiger charge is -2.16. The molecule has 3 nitrogen and oxygen atoms in total. The lowest BCUT2D eigenvalue weighted by atomic mass is 10.1. The van der Waals surface area contributed by atoms with Gasteiger partial charge in [-0.3, -0.25) is 0 Å². The summed E-state index contributed by atoms with van der Waals surface area (Å²) in [7, 11) is 0. The van der Waals surface area contributed by atoms with Crippen molar-refractivity contribution in [3.63, 3.8) is 0 Å². The van der Waals surface area contributed by atoms with Crippen molar-refractivity contribution in [1.82, 2.24) is 0 Å². The molecule has 0 saturated heterocycles. The highest BCUT2D eigenvalue weighted by Gasteiger charge is 2.16. The van der Waals surface area contributed by atoms with E-state index < -0.39 is 12.0 Å². The van der Waals surface area contributed by atoms with Crippen molar-refractivity contribution in [3.05, 3.63) is 28.2 Å². The minimum atomic E-state index is -0.802. The Labute approximate surface area is 104 Å². The van der Waals surface area contributed by atoms with E-state index in [1.54, 1.807) is 0 Å². The maximum Gasteiger partial charge on any atom is 0.326 e. The molecule has 0 aromatic heterocycles. The second-order valence-electron chi connectivity index (χ2n) is 3.78. The number of hydrogen-bond donors (Lipinski definition) is 2. The van der Waals surface area contributed by atoms with Gasteiger partial charge in [0.05, 0.1) is 0 Å². The molecule has 1 rings (SSSR count). The molecule has 0 heterocycles. The second kappa shape index (κ2) is 5.89. The number of anilines is 1. The standard InChI is InChI=1S/C12H16BrNO2/c1-3-4-11(12(15)16)14-10-6-5-9(13)7-8(10)2/h5-7,11,14H,3-4H2,1-2H3,(H,15,16). The first-order valence-corrected chi connectivity index (χ1v) is 6.09. The van der Waals surface area contributed by atoms with Crippen molar-refractivity contribution < 1.29 is 9.90 Å². The van der Waals surface area contributed by atoms with E-state index in [0.717, 1.165) is 22.1 Å². The predicted molar refractivity (Wildman–Crippen MR) is 68.8 cm³/mol. The Kier molecular flexibility index (Phi) is 4.80. The molecule has 88 valence electrons. The summed E-state index contributed by atoms with van der Waals surface area (Å²) in [6, 6.07) is 5.25. The molecule has 4 heteroatoms. The minimum Gasteiger partial charge on any atom is -0.480 e. The number of benzene rings is 1. The highest BCUT2D eigenvalue weighted by atomic mass is 79.9. The van der Waals surface area contributed by atoms with Gasteiger partial charge in [0.2, 0.25) is 0 Å². The summed E-state index contributed by atoms with van der Waals surface area (Å²) in [5.41, 5.74) is 1.92. The van der Waals surface area contributed by atoms with Gasteiger partial charge in [-0.05, 0) is 37.1 Å². The highest BCUT2D eigenvalue weighted by molar-refractivity contribution is 9.10. The third-order valence-corrected chi connectivity index (χ3v) is 2.89. The van der Waals surface area contributed by atoms with Gasteiger partial charge < -0.3 is 10.4 Å². The SMILES string of the molecule is CCCC(Nc1ccc(Br)cc1C)C(=O)O. The lowest BCUT2D eigenvalue weighted by molar-refractivity contribution is -0.138. The van der Waals surface area contributed by atoms with Crippen LogP contribution in [0.2, 0.25) is 0 Å². The summed E-state index contributed by atoms with van der Waals surface area (Å²) in [5, 5.41) is 12.1. The molecule has 2 N–H and O–H groups in total. The number of carbonyl (C=O) groups is 1. The zero-order chi connectivity index (χ0) is 12.1. The van der Waals surface area contributed by atoms with Crippen molar-refractivity contribution in [2.75, 3.05) is 5.32 Å². The smallest absolute Gasteiger partial charge is 0.326 e. The van der Waals surface area contributed by atoms with Gasteiger partial charge in [-0.2, -0.15) is 0 Å². The Morgan fingerprint density at radius 3 is 2.75 bits per heavy atom. The molecule has 0 saturated carbocycles. The number of carboxylic acid groups (broad SMARTS) is 1. The molecule has 1 aromatic carbocycles. The summed E-state index contributed by atoms with van der Waals surface area (Å²) >= 11 is 3.38. The highest BCUT2D eigenvalue weighted by Crippen LogP contribution is 2.21. The molecular formula is C12H16BrNO2. The molecule has 0 aliphatic heterocycles. The molecule has 0 spiro atoms. The van der Waals surface area contributed by atoms with Crippen molar-refractivity contribution in [2.45, 2.75) is 32.7 Å². The fraction of sp³-hybridized carbons (Fsp3) is 0.417. The maximum absolute atomic E-state index is 11.0. The topological polar surface area (TPSA) is 49.3 Å². The molecule has 0 bridgehead atoms. The van der Waals surface area contributed by atoms with Gasteiger partial charge in [-0.1, -0.05) is 29.3 Å². The fourth-order valence-corrected chi connectivity index (χ4v) is 2.00. The van der Waals surface area contributed by atoms with Crippen LogP contribution in [0.15, 0.2) is 22.7 Å². The summed E-state index contributed by atoms with van der Waals surface area (Å²) in [5.74, 6) is -0.802. The van der Waals surface area contributed by atoms with Crippen LogP contribution in [-0.4, -0.2) is 17.1 Å². The van der Waals surface area contributed by atoms with Crippen LogP contribution in [0, 0.1) is 6.92 Å². The van der Waals surface area contributed by atoms with E-state index in [9.17, 15) is 4.79 Å². The third-order valence-electron chi connectivity index (χ3n) is 2.39. The van der Waals surface area contributed by atoms with Crippen LogP contribution in [-0.2, 0) is 4.79 Å². The first-order valence-electron chi connectivity index (χ1n) is 5.30. The van der Waals surface area contributed by atoms with E-state index in [-0.39, 0.29) is 0 Å². The first kappa shape index (κ1) is 13.0. The summed E-state index contributed by atoms with van der Waals surface area (Å²) in [4.78, 5) is 11.0. The van der Waals surface area contributed by atoms with Gasteiger partial charge in [-0.15, -0.1) is 0 Å². The molecule has 0 aliphatic rings. The van der Waals surface area contributed by atoms with Gasteiger partial charge in [0, 0.05) is 10.2 Å². The Balaban J connectivity index is 2.81. The fourth-order valence-electron chi connectivity index (χ4n) is 1.52. The second-order valence-corrected chi connectivity index (χ2v) is 4.70. The van der Waals surface area contributed by atoms with Crippen molar-refractivity contribution in [3.8, 4) is 0 Å². The van der Waals surface area contributed by atoms with Crippen molar-refractivity contribution >= 4 is 27.6 Å². The molecule has 0 radical (unpaired) electrons. The summed E-state index contributed by atoms with van der Waals surface area (Å²) < 4.78 is 0.998. The Morgan fingerprint density at radius 2 is 2.25 bits per heavy atom. The van der Waals surface area contributed by atoms with Crippen molar-refractivity contribution in [1.29, 1.82) is 0 Å². The zero-order valence-corrected chi connectivity index (χ0v) is 11.0. The van der Waals surface area contributed by atoms with Gasteiger partial charge in [0.1, 0.15) is 6.04 Å². The molecule has 1 aromatic rings. The number of hydrogen-bond acceptors (Lipinski definition) is 2. The van der Waals surface area contributed by atoms with Gasteiger partial charge in [-0.25, -0.2) is 4.79 Å². The molecular weight excluding hydrogens is 270 g/mol. The van der Waals surface area contributed by atoms with E-state index >= 15 is 0 Å². The summed E-state index contributed by atoms with van der Waals surface area (Å²) in [6.45, 7) is 3.93. The van der Waals surface area contributed by atoms with Crippen LogP contribution in [0.1, 0.15) is 25.3 Å². The Morgan fingerprint density at radius 1 is 1.56 bits per heavy atom. The minimum absolute atomic E-state index is 0.509. The third kappa shape index (κ3) is 3.52. The maximum atomic E-state index is 11.0. The van der Waals surface area contributed by atoms with E-state index in [1.807, 2.05) is 32.0 Å². The van der Waals surface area contributed by atoms with Gasteiger partial charge in [0.25, 0.3) is 0 Å². The number of halogens is 1. The van der Waals surface area contributed by atoms with Crippen LogP contribution in [0.3, 0.4) is 0 Å². The van der Waals surface area contributed by atoms with Crippen LogP contribution in [0.4, 0.5) is 5.69 Å². The van der Waals surface area contributed by atoms with E-state index in [4.69, 9.17) is 5.11 Å². The van der Waals surface area contributed by atoms with E-state index in [0.29, 0.717) is 6.42 Å². The van der Waals surface area contributed by atoms with E-state index in [1.165, 1.54) is 0 Å². The van der Waals surface area contributed by atoms with Crippen LogP contribution in [0.25, 0.3) is 0 Å². The molecule has 0 amide bonds. The van der Waals surface area contributed by atoms with Crippen molar-refractivity contribution in [2.24, 2.45) is 0 Å². The number of nitrogens with one attached hydrogen (secondary N) is 1. The molecule has 0 fully saturated rings. The number of rotatable bonds is 5. The number of aliphatic carboxylic acids is 1. The molecule has 0 aliphatic carbocycles. The average Bonchev–Trinajstić information content (AvgIpc) is 2.20. The van der Waals surface area contributed by atoms with Crippen LogP contribution < -0.4 is 5.32 Å². The van der Waals surface area contributed by atoms with Crippen LogP contribution >= 0.6 is 15.9 Å². The lowest BCUT2D eigenvalue weighted by Crippen LogP contribution is -2.29. The number of carboxylic acids is 1. The van der Waals surface area contributed by atoms with Crippen LogP contribution in [0.5, 0.6) is 0 Å². The summed E-state index contributed by atoms with van der Waals surface area (Å²) in [6.07, 6.45) is 1.48.